The van der Waals surface area contributed by atoms with E-state index in [-0.39, 0.29) is 17.8 Å². The number of halogens is 1. The summed E-state index contributed by atoms with van der Waals surface area (Å²) in [6, 6.07) is 11.5. The van der Waals surface area contributed by atoms with Crippen molar-refractivity contribution in [1.82, 2.24) is 4.90 Å². The van der Waals surface area contributed by atoms with Gasteiger partial charge >= 0.3 is 0 Å². The van der Waals surface area contributed by atoms with E-state index in [1.54, 1.807) is 36.3 Å². The molecule has 1 saturated heterocycles. The van der Waals surface area contributed by atoms with Crippen molar-refractivity contribution in [3.63, 3.8) is 0 Å². The predicted octanol–water partition coefficient (Wildman–Crippen LogP) is 3.66. The van der Waals surface area contributed by atoms with E-state index < -0.39 is 0 Å². The van der Waals surface area contributed by atoms with Gasteiger partial charge in [-0.05, 0) is 42.7 Å². The van der Waals surface area contributed by atoms with Gasteiger partial charge in [0.2, 0.25) is 0 Å². The van der Waals surface area contributed by atoms with E-state index in [1.807, 2.05) is 6.07 Å². The monoisotopic (exact) mass is 373 g/mol. The maximum Gasteiger partial charge on any atom is 0.257 e. The SMILES string of the molecule is COc1ccc(C(=O)N2CCCC(OCc3cccc(F)c3)C2)c(OC)c1. The molecule has 1 unspecified atom stereocenters. The Balaban J connectivity index is 1.64. The summed E-state index contributed by atoms with van der Waals surface area (Å²) in [6.45, 7) is 1.51. The standard InChI is InChI=1S/C21H24FNO4/c1-25-17-8-9-19(20(12-17)26-2)21(24)23-10-4-7-18(13-23)27-14-15-5-3-6-16(22)11-15/h3,5-6,8-9,11-12,18H,4,7,10,13-14H2,1-2H3. The molecule has 1 atom stereocenters. The minimum Gasteiger partial charge on any atom is -0.497 e. The van der Waals surface area contributed by atoms with E-state index in [4.69, 9.17) is 14.2 Å². The number of piperidine rings is 1. The number of methoxy groups -OCH3 is 2. The zero-order chi connectivity index (χ0) is 19.2. The van der Waals surface area contributed by atoms with Crippen LogP contribution in [0.4, 0.5) is 4.39 Å². The maximum atomic E-state index is 13.3. The summed E-state index contributed by atoms with van der Waals surface area (Å²) >= 11 is 0. The highest BCUT2D eigenvalue weighted by Crippen LogP contribution is 2.27. The summed E-state index contributed by atoms with van der Waals surface area (Å²) in [5.41, 5.74) is 1.29. The second-order valence-corrected chi connectivity index (χ2v) is 6.52. The molecule has 0 spiro atoms. The second kappa shape index (κ2) is 8.86. The Bertz CT molecular complexity index is 796. The first-order chi connectivity index (χ1) is 13.1. The van der Waals surface area contributed by atoms with Gasteiger partial charge in [-0.1, -0.05) is 12.1 Å². The van der Waals surface area contributed by atoms with Crippen molar-refractivity contribution in [3.05, 3.63) is 59.4 Å². The summed E-state index contributed by atoms with van der Waals surface area (Å²) in [5, 5.41) is 0. The fourth-order valence-electron chi connectivity index (χ4n) is 3.25. The zero-order valence-electron chi connectivity index (χ0n) is 15.6. The average Bonchev–Trinajstić information content (AvgIpc) is 2.71. The number of amides is 1. The molecule has 5 nitrogen and oxygen atoms in total. The molecule has 0 N–H and O–H groups in total. The van der Waals surface area contributed by atoms with Crippen molar-refractivity contribution in [1.29, 1.82) is 0 Å². The van der Waals surface area contributed by atoms with Gasteiger partial charge in [0.05, 0.1) is 32.5 Å². The lowest BCUT2D eigenvalue weighted by Crippen LogP contribution is -2.43. The quantitative estimate of drug-likeness (QED) is 0.775. The molecule has 1 aliphatic rings. The molecular formula is C21H24FNO4. The minimum atomic E-state index is -0.275. The Morgan fingerprint density at radius 3 is 2.78 bits per heavy atom. The first-order valence-electron chi connectivity index (χ1n) is 8.98. The third kappa shape index (κ3) is 4.77. The number of likely N-dealkylation sites (tertiary alicyclic amines) is 1. The number of nitrogens with zero attached hydrogens (tertiary/aromatic N) is 1. The summed E-state index contributed by atoms with van der Waals surface area (Å²) in [7, 11) is 3.11. The fourth-order valence-corrected chi connectivity index (χ4v) is 3.25. The molecule has 1 amide bonds. The van der Waals surface area contributed by atoms with Gasteiger partial charge in [-0.25, -0.2) is 4.39 Å². The Kier molecular flexibility index (Phi) is 6.29. The third-order valence-corrected chi connectivity index (χ3v) is 4.68. The molecule has 1 heterocycles. The molecule has 2 aromatic rings. The van der Waals surface area contributed by atoms with Crippen molar-refractivity contribution in [3.8, 4) is 11.5 Å². The van der Waals surface area contributed by atoms with E-state index >= 15 is 0 Å². The molecule has 0 bridgehead atoms. The smallest absolute Gasteiger partial charge is 0.257 e. The van der Waals surface area contributed by atoms with Crippen LogP contribution in [0.5, 0.6) is 11.5 Å². The molecule has 144 valence electrons. The molecule has 6 heteroatoms. The molecule has 1 aliphatic heterocycles. The summed E-state index contributed by atoms with van der Waals surface area (Å²) < 4.78 is 29.7. The lowest BCUT2D eigenvalue weighted by Gasteiger charge is -2.33. The second-order valence-electron chi connectivity index (χ2n) is 6.52. The minimum absolute atomic E-state index is 0.0739. The van der Waals surface area contributed by atoms with Gasteiger partial charge in [-0.3, -0.25) is 4.79 Å². The normalized spacial score (nSPS) is 16.9. The molecule has 0 aliphatic carbocycles. The van der Waals surface area contributed by atoms with Crippen molar-refractivity contribution >= 4 is 5.91 Å². The fraction of sp³-hybridized carbons (Fsp3) is 0.381. The Hall–Kier alpha value is -2.60. The maximum absolute atomic E-state index is 13.3. The van der Waals surface area contributed by atoms with Crippen LogP contribution in [0.3, 0.4) is 0 Å². The van der Waals surface area contributed by atoms with Crippen LogP contribution in [0.1, 0.15) is 28.8 Å². The number of carbonyl (C=O) groups excluding carboxylic acids is 1. The van der Waals surface area contributed by atoms with Crippen molar-refractivity contribution in [2.75, 3.05) is 27.3 Å². The molecule has 2 aromatic carbocycles. The summed E-state index contributed by atoms with van der Waals surface area (Å²) in [4.78, 5) is 14.7. The molecule has 0 saturated carbocycles. The van der Waals surface area contributed by atoms with Crippen molar-refractivity contribution in [2.45, 2.75) is 25.6 Å². The third-order valence-electron chi connectivity index (χ3n) is 4.68. The lowest BCUT2D eigenvalue weighted by molar-refractivity contribution is -0.00687. The van der Waals surface area contributed by atoms with Gasteiger partial charge in [0, 0.05) is 19.2 Å². The van der Waals surface area contributed by atoms with Gasteiger partial charge in [0.1, 0.15) is 17.3 Å². The molecular weight excluding hydrogens is 349 g/mol. The van der Waals surface area contributed by atoms with Crippen molar-refractivity contribution < 1.29 is 23.4 Å². The van der Waals surface area contributed by atoms with Gasteiger partial charge in [0.25, 0.3) is 5.91 Å². The highest BCUT2D eigenvalue weighted by Gasteiger charge is 2.27. The summed E-state index contributed by atoms with van der Waals surface area (Å²) in [6.07, 6.45) is 1.66. The molecule has 1 fully saturated rings. The van der Waals surface area contributed by atoms with Crippen LogP contribution in [0.25, 0.3) is 0 Å². The van der Waals surface area contributed by atoms with Crippen LogP contribution in [0.15, 0.2) is 42.5 Å². The topological polar surface area (TPSA) is 48.0 Å². The van der Waals surface area contributed by atoms with Crippen molar-refractivity contribution in [2.24, 2.45) is 0 Å². The predicted molar refractivity (Wildman–Crippen MR) is 99.7 cm³/mol. The highest BCUT2D eigenvalue weighted by atomic mass is 19.1. The van der Waals surface area contributed by atoms with E-state index in [0.717, 1.165) is 18.4 Å². The number of hydrogen-bond donors (Lipinski definition) is 0. The van der Waals surface area contributed by atoms with Gasteiger partial charge in [-0.2, -0.15) is 0 Å². The van der Waals surface area contributed by atoms with Gasteiger partial charge in [0.15, 0.2) is 0 Å². The van der Waals surface area contributed by atoms with Crippen LogP contribution < -0.4 is 9.47 Å². The van der Waals surface area contributed by atoms with Gasteiger partial charge in [-0.15, -0.1) is 0 Å². The number of ether oxygens (including phenoxy) is 3. The first kappa shape index (κ1) is 19.2. The molecule has 27 heavy (non-hydrogen) atoms. The number of rotatable bonds is 6. The molecule has 3 rings (SSSR count). The zero-order valence-corrected chi connectivity index (χ0v) is 15.6. The molecule has 0 radical (unpaired) electrons. The van der Waals surface area contributed by atoms with Crippen LogP contribution in [-0.2, 0) is 11.3 Å². The van der Waals surface area contributed by atoms with Crippen LogP contribution >= 0.6 is 0 Å². The number of hydrogen-bond acceptors (Lipinski definition) is 4. The van der Waals surface area contributed by atoms with E-state index in [9.17, 15) is 9.18 Å². The number of carbonyl (C=O) groups is 1. The van der Waals surface area contributed by atoms with Crippen LogP contribution in [0.2, 0.25) is 0 Å². The Morgan fingerprint density at radius 1 is 1.19 bits per heavy atom. The Labute approximate surface area is 158 Å². The van der Waals surface area contributed by atoms with Crippen LogP contribution in [0, 0.1) is 5.82 Å². The Morgan fingerprint density at radius 2 is 2.04 bits per heavy atom. The highest BCUT2D eigenvalue weighted by molar-refractivity contribution is 5.97. The van der Waals surface area contributed by atoms with E-state index in [1.165, 1.54) is 19.2 Å². The lowest BCUT2D eigenvalue weighted by atomic mass is 10.1. The van der Waals surface area contributed by atoms with Gasteiger partial charge < -0.3 is 19.1 Å². The van der Waals surface area contributed by atoms with Crippen LogP contribution in [-0.4, -0.2) is 44.2 Å². The molecule has 0 aromatic heterocycles. The number of benzene rings is 2. The first-order valence-corrected chi connectivity index (χ1v) is 8.98. The summed E-state index contributed by atoms with van der Waals surface area (Å²) in [5.74, 6) is 0.761. The average molecular weight is 373 g/mol. The van der Waals surface area contributed by atoms with E-state index in [2.05, 4.69) is 0 Å². The van der Waals surface area contributed by atoms with E-state index in [0.29, 0.717) is 36.8 Å². The largest absolute Gasteiger partial charge is 0.497 e.